The fourth-order valence-electron chi connectivity index (χ4n) is 0.823. The van der Waals surface area contributed by atoms with E-state index in [0.717, 1.165) is 5.56 Å². The normalized spacial score (nSPS) is 13.2. The van der Waals surface area contributed by atoms with E-state index in [1.54, 1.807) is 0 Å². The van der Waals surface area contributed by atoms with Crippen LogP contribution in [0.25, 0.3) is 0 Å². The van der Waals surface area contributed by atoms with Crippen LogP contribution in [0.15, 0.2) is 30.3 Å². The van der Waals surface area contributed by atoms with Gasteiger partial charge in [0.1, 0.15) is 0 Å². The van der Waals surface area contributed by atoms with Crippen molar-refractivity contribution in [2.24, 2.45) is 0 Å². The predicted molar refractivity (Wildman–Crippen MR) is 46.8 cm³/mol. The van der Waals surface area contributed by atoms with Gasteiger partial charge in [0, 0.05) is 0 Å². The van der Waals surface area contributed by atoms with Crippen molar-refractivity contribution in [2.75, 3.05) is 0 Å². The van der Waals surface area contributed by atoms with Crippen molar-refractivity contribution in [1.82, 2.24) is 0 Å². The average Bonchev–Trinajstić information content (AvgIpc) is 2.15. The summed E-state index contributed by atoms with van der Waals surface area (Å²) in [6, 6.07) is 9.19. The van der Waals surface area contributed by atoms with Crippen LogP contribution in [-0.4, -0.2) is 31.6 Å². The number of alkyl halides is 3. The first kappa shape index (κ1) is 10.9. The van der Waals surface area contributed by atoms with Gasteiger partial charge in [0.2, 0.25) is 0 Å². The molecule has 1 unspecified atom stereocenters. The Kier molecular flexibility index (Phi) is 4.61. The number of hydrogen-bond acceptors (Lipinski definition) is 0. The van der Waals surface area contributed by atoms with Gasteiger partial charge in [0.25, 0.3) is 0 Å². The first-order valence-corrected chi connectivity index (χ1v) is 6.77. The van der Waals surface area contributed by atoms with E-state index in [1.807, 2.05) is 30.3 Å². The molecule has 4 heteroatoms. The maximum atomic E-state index is 12.5. The van der Waals surface area contributed by atoms with Crippen LogP contribution < -0.4 is 0 Å². The molecular formula is C9H9F3Te. The van der Waals surface area contributed by atoms with Gasteiger partial charge in [0.15, 0.2) is 0 Å². The molecule has 1 atom stereocenters. The minimum atomic E-state index is -2.80. The van der Waals surface area contributed by atoms with Crippen LogP contribution in [-0.2, 0) is 4.47 Å². The predicted octanol–water partition coefficient (Wildman–Crippen LogP) is 2.45. The Morgan fingerprint density at radius 2 is 1.69 bits per heavy atom. The van der Waals surface area contributed by atoms with Gasteiger partial charge < -0.3 is 0 Å². The molecule has 0 N–H and O–H groups in total. The van der Waals surface area contributed by atoms with E-state index in [9.17, 15) is 13.2 Å². The van der Waals surface area contributed by atoms with E-state index in [-0.39, 0.29) is 0 Å². The van der Waals surface area contributed by atoms with Crippen LogP contribution in [0.5, 0.6) is 0 Å². The molecule has 0 saturated carbocycles. The van der Waals surface area contributed by atoms with E-state index in [0.29, 0.717) is 4.47 Å². The van der Waals surface area contributed by atoms with Crippen LogP contribution in [0, 0.1) is 0 Å². The molecule has 0 aromatic heterocycles. The first-order chi connectivity index (χ1) is 6.20. The van der Waals surface area contributed by atoms with Crippen molar-refractivity contribution in [3.05, 3.63) is 35.9 Å². The molecule has 13 heavy (non-hydrogen) atoms. The zero-order chi connectivity index (χ0) is 9.68. The average molecular weight is 302 g/mol. The summed E-state index contributed by atoms with van der Waals surface area (Å²) in [4.78, 5) is 0. The van der Waals surface area contributed by atoms with Crippen molar-refractivity contribution < 1.29 is 13.2 Å². The third-order valence-electron chi connectivity index (χ3n) is 1.45. The van der Waals surface area contributed by atoms with Crippen LogP contribution in [0.4, 0.5) is 13.2 Å². The van der Waals surface area contributed by atoms with E-state index in [1.165, 1.54) is 0 Å². The standard InChI is InChI=1S/C9H9F3Te/c10-8(11)9(12)13-6-7-4-2-1-3-5-7/h1-5,8-9H,6H2. The molecule has 0 spiro atoms. The SMILES string of the molecule is FC(F)C(F)[Te]Cc1ccccc1. The molecule has 0 aliphatic rings. The molecule has 1 aromatic carbocycles. The molecule has 1 aromatic rings. The zero-order valence-electron chi connectivity index (χ0n) is 6.79. The van der Waals surface area contributed by atoms with Crippen molar-refractivity contribution in [2.45, 2.75) is 15.1 Å². The van der Waals surface area contributed by atoms with Crippen molar-refractivity contribution in [3.63, 3.8) is 0 Å². The Morgan fingerprint density at radius 1 is 1.08 bits per heavy atom. The van der Waals surface area contributed by atoms with E-state index < -0.39 is 31.6 Å². The molecule has 0 radical (unpaired) electrons. The molecule has 0 amide bonds. The van der Waals surface area contributed by atoms with Gasteiger partial charge in [0.05, 0.1) is 0 Å². The zero-order valence-corrected chi connectivity index (χ0v) is 9.12. The summed E-state index contributed by atoms with van der Waals surface area (Å²) in [7, 11) is 0. The summed E-state index contributed by atoms with van der Waals surface area (Å²) >= 11 is -1.25. The molecule has 0 bridgehead atoms. The van der Waals surface area contributed by atoms with E-state index in [4.69, 9.17) is 0 Å². The second kappa shape index (κ2) is 5.51. The minimum absolute atomic E-state index is 0.497. The van der Waals surface area contributed by atoms with Gasteiger partial charge >= 0.3 is 85.1 Å². The first-order valence-electron chi connectivity index (χ1n) is 3.78. The monoisotopic (exact) mass is 304 g/mol. The Morgan fingerprint density at radius 3 is 2.23 bits per heavy atom. The summed E-state index contributed by atoms with van der Waals surface area (Å²) in [5, 5.41) is 0. The number of benzene rings is 1. The summed E-state index contributed by atoms with van der Waals surface area (Å²) < 4.78 is 34.7. The molecule has 0 aliphatic heterocycles. The van der Waals surface area contributed by atoms with Gasteiger partial charge in [-0.25, -0.2) is 0 Å². The molecular weight excluding hydrogens is 293 g/mol. The topological polar surface area (TPSA) is 0 Å². The van der Waals surface area contributed by atoms with Crippen molar-refractivity contribution in [1.29, 1.82) is 0 Å². The quantitative estimate of drug-likeness (QED) is 0.750. The van der Waals surface area contributed by atoms with E-state index in [2.05, 4.69) is 0 Å². The van der Waals surface area contributed by atoms with Crippen LogP contribution in [0.2, 0.25) is 0 Å². The number of halogens is 3. The summed E-state index contributed by atoms with van der Waals surface area (Å²) in [5.74, 6) is 0. The Labute approximate surface area is 85.2 Å². The molecule has 0 nitrogen and oxygen atoms in total. The van der Waals surface area contributed by atoms with Gasteiger partial charge in [-0.05, 0) is 0 Å². The van der Waals surface area contributed by atoms with Crippen molar-refractivity contribution in [3.8, 4) is 0 Å². The molecule has 0 saturated heterocycles. The molecule has 1 rings (SSSR count). The van der Waals surface area contributed by atoms with Crippen LogP contribution >= 0.6 is 0 Å². The Bertz CT molecular complexity index is 238. The molecule has 72 valence electrons. The molecule has 0 fully saturated rings. The fourth-order valence-corrected chi connectivity index (χ4v) is 2.79. The second-order valence-electron chi connectivity index (χ2n) is 2.48. The molecule has 0 heterocycles. The second-order valence-corrected chi connectivity index (χ2v) is 5.54. The molecule has 0 aliphatic carbocycles. The number of rotatable bonds is 4. The third kappa shape index (κ3) is 4.02. The van der Waals surface area contributed by atoms with Crippen LogP contribution in [0.3, 0.4) is 0 Å². The van der Waals surface area contributed by atoms with Crippen LogP contribution in [0.1, 0.15) is 5.56 Å². The van der Waals surface area contributed by atoms with E-state index >= 15 is 0 Å². The van der Waals surface area contributed by atoms with Crippen molar-refractivity contribution >= 4 is 20.9 Å². The van der Waals surface area contributed by atoms with Gasteiger partial charge in [-0.15, -0.1) is 0 Å². The summed E-state index contributed by atoms with van der Waals surface area (Å²) in [6.07, 6.45) is -2.80. The third-order valence-corrected chi connectivity index (χ3v) is 4.37. The van der Waals surface area contributed by atoms with Gasteiger partial charge in [-0.2, -0.15) is 0 Å². The maximum absolute atomic E-state index is 12.5. The Hall–Kier alpha value is -0.200. The Balaban J connectivity index is 2.35. The van der Waals surface area contributed by atoms with Gasteiger partial charge in [-0.3, -0.25) is 0 Å². The summed E-state index contributed by atoms with van der Waals surface area (Å²) in [6.45, 7) is 0. The van der Waals surface area contributed by atoms with Gasteiger partial charge in [-0.1, -0.05) is 0 Å². The fraction of sp³-hybridized carbons (Fsp3) is 0.333. The summed E-state index contributed by atoms with van der Waals surface area (Å²) in [5.41, 5.74) is 0.952. The number of hydrogen-bond donors (Lipinski definition) is 0.